The highest BCUT2D eigenvalue weighted by Gasteiger charge is 2.12. The summed E-state index contributed by atoms with van der Waals surface area (Å²) in [6.07, 6.45) is 5.22. The second-order valence-corrected chi connectivity index (χ2v) is 7.97. The third-order valence-corrected chi connectivity index (χ3v) is 5.55. The van der Waals surface area contributed by atoms with Gasteiger partial charge in [0, 0.05) is 40.7 Å². The molecule has 0 spiro atoms. The highest BCUT2D eigenvalue weighted by molar-refractivity contribution is 6.04. The van der Waals surface area contributed by atoms with Gasteiger partial charge in [-0.25, -0.2) is 9.97 Å². The Hall–Kier alpha value is -4.52. The number of benzene rings is 2. The topological polar surface area (TPSA) is 98.7 Å². The Bertz CT molecular complexity index is 1500. The molecule has 0 fully saturated rings. The van der Waals surface area contributed by atoms with Gasteiger partial charge in [-0.05, 0) is 55.8 Å². The lowest BCUT2D eigenvalue weighted by molar-refractivity contribution is 0.102. The van der Waals surface area contributed by atoms with Gasteiger partial charge in [0.1, 0.15) is 18.0 Å². The van der Waals surface area contributed by atoms with Crippen LogP contribution in [0.15, 0.2) is 79.4 Å². The summed E-state index contributed by atoms with van der Waals surface area (Å²) in [4.78, 5) is 25.7. The molecule has 0 radical (unpaired) electrons. The lowest BCUT2D eigenvalue weighted by Crippen LogP contribution is -2.12. The Morgan fingerprint density at radius 2 is 1.85 bits per heavy atom. The van der Waals surface area contributed by atoms with Gasteiger partial charge in [-0.2, -0.15) is 0 Å². The molecular formula is C26H22N6O. The number of nitrogens with one attached hydrogen (secondary N) is 1. The van der Waals surface area contributed by atoms with Crippen molar-refractivity contribution in [2.24, 2.45) is 0 Å². The number of hydrogen-bond donors (Lipinski definition) is 2. The first-order chi connectivity index (χ1) is 16.0. The van der Waals surface area contributed by atoms with Crippen molar-refractivity contribution in [3.63, 3.8) is 0 Å². The number of pyridine rings is 1. The fourth-order valence-corrected chi connectivity index (χ4v) is 3.83. The van der Waals surface area contributed by atoms with Crippen molar-refractivity contribution in [3.8, 4) is 17.1 Å². The van der Waals surface area contributed by atoms with Gasteiger partial charge in [0.15, 0.2) is 0 Å². The molecule has 162 valence electrons. The van der Waals surface area contributed by atoms with Crippen LogP contribution >= 0.6 is 0 Å². The molecule has 3 heterocycles. The van der Waals surface area contributed by atoms with Crippen LogP contribution in [-0.4, -0.2) is 25.4 Å². The zero-order valence-corrected chi connectivity index (χ0v) is 18.3. The fraction of sp³-hybridized carbons (Fsp3) is 0.0769. The molecule has 3 N–H and O–H groups in total. The molecule has 0 unspecified atom stereocenters. The molecule has 2 aromatic carbocycles. The van der Waals surface area contributed by atoms with E-state index in [1.54, 1.807) is 12.1 Å². The molecule has 0 aliphatic rings. The molecule has 0 aliphatic carbocycles. The molecule has 3 aromatic heterocycles. The van der Waals surface area contributed by atoms with Crippen molar-refractivity contribution < 1.29 is 4.79 Å². The average Bonchev–Trinajstić information content (AvgIpc) is 3.23. The van der Waals surface area contributed by atoms with Crippen molar-refractivity contribution in [1.82, 2.24) is 19.5 Å². The van der Waals surface area contributed by atoms with Crippen molar-refractivity contribution in [1.29, 1.82) is 0 Å². The van der Waals surface area contributed by atoms with Crippen LogP contribution in [0.3, 0.4) is 0 Å². The summed E-state index contributed by atoms with van der Waals surface area (Å²) in [5.41, 5.74) is 12.0. The second kappa shape index (κ2) is 8.20. The lowest BCUT2D eigenvalue weighted by Gasteiger charge is -2.11. The fourth-order valence-electron chi connectivity index (χ4n) is 3.83. The molecule has 33 heavy (non-hydrogen) atoms. The molecule has 5 aromatic rings. The number of nitrogens with zero attached hydrogens (tertiary/aromatic N) is 4. The summed E-state index contributed by atoms with van der Waals surface area (Å²) in [5, 5.41) is 3.98. The van der Waals surface area contributed by atoms with Crippen LogP contribution in [0.25, 0.3) is 28.0 Å². The van der Waals surface area contributed by atoms with Gasteiger partial charge in [-0.3, -0.25) is 9.78 Å². The minimum Gasteiger partial charge on any atom is -0.384 e. The number of fused-ring (bicyclic) bond motifs is 1. The van der Waals surface area contributed by atoms with E-state index < -0.39 is 0 Å². The predicted molar refractivity (Wildman–Crippen MR) is 130 cm³/mol. The number of aryl methyl sites for hydroxylation is 2. The first-order valence-electron chi connectivity index (χ1n) is 10.5. The van der Waals surface area contributed by atoms with E-state index in [9.17, 15) is 4.79 Å². The first-order valence-corrected chi connectivity index (χ1v) is 10.5. The van der Waals surface area contributed by atoms with E-state index in [0.717, 1.165) is 33.3 Å². The number of nitrogen functional groups attached to an aromatic ring is 1. The quantitative estimate of drug-likeness (QED) is 0.418. The van der Waals surface area contributed by atoms with Crippen molar-refractivity contribution >= 4 is 28.3 Å². The zero-order valence-electron chi connectivity index (χ0n) is 18.3. The smallest absolute Gasteiger partial charge is 0.255 e. The minimum absolute atomic E-state index is 0.146. The third-order valence-electron chi connectivity index (χ3n) is 5.55. The van der Waals surface area contributed by atoms with E-state index >= 15 is 0 Å². The summed E-state index contributed by atoms with van der Waals surface area (Å²) in [7, 11) is 0. The number of anilines is 2. The predicted octanol–water partition coefficient (Wildman–Crippen LogP) is 4.93. The maximum Gasteiger partial charge on any atom is 0.255 e. The zero-order chi connectivity index (χ0) is 22.9. The number of rotatable bonds is 4. The van der Waals surface area contributed by atoms with Gasteiger partial charge in [0.2, 0.25) is 0 Å². The Kier molecular flexibility index (Phi) is 5.06. The largest absolute Gasteiger partial charge is 0.384 e. The Labute approximate surface area is 191 Å². The molecule has 1 amide bonds. The molecule has 7 heteroatoms. The molecule has 0 saturated heterocycles. The van der Waals surface area contributed by atoms with E-state index in [2.05, 4.69) is 20.3 Å². The van der Waals surface area contributed by atoms with Crippen LogP contribution in [0.2, 0.25) is 0 Å². The van der Waals surface area contributed by atoms with Crippen LogP contribution in [0.4, 0.5) is 11.5 Å². The van der Waals surface area contributed by atoms with E-state index in [1.807, 2.05) is 79.3 Å². The molecule has 0 bridgehead atoms. The molecular weight excluding hydrogens is 412 g/mol. The highest BCUT2D eigenvalue weighted by atomic mass is 16.1. The Balaban J connectivity index is 1.52. The summed E-state index contributed by atoms with van der Waals surface area (Å²) in [6.45, 7) is 3.99. The second-order valence-electron chi connectivity index (χ2n) is 7.97. The SMILES string of the molecule is Cc1cccc(C(=O)Nc2ccc(C)c(-c3cc4c(ccn4-c4cc(N)ncn4)cn3)c2)c1. The maximum absolute atomic E-state index is 12.7. The number of hydrogen-bond acceptors (Lipinski definition) is 5. The number of carbonyl (C=O) groups excluding carboxylic acids is 1. The summed E-state index contributed by atoms with van der Waals surface area (Å²) in [5.74, 6) is 0.946. The molecule has 0 aliphatic heterocycles. The lowest BCUT2D eigenvalue weighted by atomic mass is 10.0. The van der Waals surface area contributed by atoms with Gasteiger partial charge in [0.05, 0.1) is 11.2 Å². The van der Waals surface area contributed by atoms with Gasteiger partial charge >= 0.3 is 0 Å². The molecule has 0 saturated carbocycles. The number of nitrogens with two attached hydrogens (primary N) is 1. The van der Waals surface area contributed by atoms with E-state index in [4.69, 9.17) is 5.73 Å². The van der Waals surface area contributed by atoms with E-state index in [1.165, 1.54) is 6.33 Å². The van der Waals surface area contributed by atoms with Gasteiger partial charge in [0.25, 0.3) is 5.91 Å². The van der Waals surface area contributed by atoms with Crippen molar-refractivity contribution in [3.05, 3.63) is 96.1 Å². The van der Waals surface area contributed by atoms with Crippen LogP contribution in [-0.2, 0) is 0 Å². The monoisotopic (exact) mass is 434 g/mol. The minimum atomic E-state index is -0.146. The van der Waals surface area contributed by atoms with Gasteiger partial charge in [-0.1, -0.05) is 23.8 Å². The van der Waals surface area contributed by atoms with Crippen LogP contribution in [0.1, 0.15) is 21.5 Å². The number of amides is 1. The number of carbonyl (C=O) groups is 1. The summed E-state index contributed by atoms with van der Waals surface area (Å²) < 4.78 is 1.96. The van der Waals surface area contributed by atoms with Crippen LogP contribution in [0, 0.1) is 13.8 Å². The Morgan fingerprint density at radius 3 is 2.67 bits per heavy atom. The highest BCUT2D eigenvalue weighted by Crippen LogP contribution is 2.29. The summed E-state index contributed by atoms with van der Waals surface area (Å²) >= 11 is 0. The standard InChI is InChI=1S/C26H22N6O/c1-16-4-3-5-18(10-16)26(33)31-20-7-6-17(2)21(11-20)22-12-23-19(14-28-22)8-9-32(23)25-13-24(27)29-15-30-25/h3-15H,1-2H3,(H,31,33)(H2,27,29,30). The van der Waals surface area contributed by atoms with E-state index in [0.29, 0.717) is 22.9 Å². The first kappa shape index (κ1) is 20.4. The van der Waals surface area contributed by atoms with E-state index in [-0.39, 0.29) is 5.91 Å². The van der Waals surface area contributed by atoms with Gasteiger partial charge in [-0.15, -0.1) is 0 Å². The van der Waals surface area contributed by atoms with Crippen LogP contribution in [0.5, 0.6) is 0 Å². The number of aromatic nitrogens is 4. The van der Waals surface area contributed by atoms with Crippen molar-refractivity contribution in [2.75, 3.05) is 11.1 Å². The summed E-state index contributed by atoms with van der Waals surface area (Å²) in [6, 6.07) is 19.1. The molecule has 5 rings (SSSR count). The Morgan fingerprint density at radius 1 is 0.970 bits per heavy atom. The molecule has 7 nitrogen and oxygen atoms in total. The van der Waals surface area contributed by atoms with Crippen molar-refractivity contribution in [2.45, 2.75) is 13.8 Å². The average molecular weight is 435 g/mol. The normalized spacial score (nSPS) is 11.0. The third kappa shape index (κ3) is 4.04. The maximum atomic E-state index is 12.7. The van der Waals surface area contributed by atoms with Gasteiger partial charge < -0.3 is 15.6 Å². The molecule has 0 atom stereocenters. The van der Waals surface area contributed by atoms with Crippen LogP contribution < -0.4 is 11.1 Å².